The van der Waals surface area contributed by atoms with E-state index < -0.39 is 11.6 Å². The molecule has 2 heterocycles. The highest BCUT2D eigenvalue weighted by atomic mass is 19.1. The van der Waals surface area contributed by atoms with Crippen LogP contribution in [0, 0.1) is 18.6 Å². The van der Waals surface area contributed by atoms with E-state index in [2.05, 4.69) is 18.1 Å². The number of halogens is 2. The maximum Gasteiger partial charge on any atom is 0.223 e. The molecule has 6 nitrogen and oxygen atoms in total. The van der Waals surface area contributed by atoms with Gasteiger partial charge in [-0.05, 0) is 12.1 Å². The molecule has 0 bridgehead atoms. The number of ketones is 1. The van der Waals surface area contributed by atoms with Crippen LogP contribution >= 0.6 is 0 Å². The fourth-order valence-corrected chi connectivity index (χ4v) is 2.93. The van der Waals surface area contributed by atoms with Gasteiger partial charge in [0.2, 0.25) is 5.91 Å². The van der Waals surface area contributed by atoms with E-state index in [1.54, 1.807) is 11.8 Å². The summed E-state index contributed by atoms with van der Waals surface area (Å²) in [4.78, 5) is 31.7. The summed E-state index contributed by atoms with van der Waals surface area (Å²) in [5.74, 6) is -1.20. The van der Waals surface area contributed by atoms with Crippen LogP contribution in [-0.4, -0.2) is 47.8 Å². The number of aromatic nitrogens is 1. The first-order valence-electron chi connectivity index (χ1n) is 8.86. The molecule has 8 heteroatoms. The summed E-state index contributed by atoms with van der Waals surface area (Å²) in [6.45, 7) is 9.48. The van der Waals surface area contributed by atoms with E-state index in [9.17, 15) is 18.4 Å². The molecule has 0 unspecified atom stereocenters. The Morgan fingerprint density at radius 2 is 1.68 bits per heavy atom. The highest BCUT2D eigenvalue weighted by Crippen LogP contribution is 2.20. The highest BCUT2D eigenvalue weighted by Gasteiger charge is 2.23. The number of benzene rings is 1. The number of carbonyl (C=O) groups is 2. The van der Waals surface area contributed by atoms with Crippen molar-refractivity contribution < 1.29 is 22.8 Å². The number of hydrogen-bond donors (Lipinski definition) is 0. The molecule has 1 aliphatic heterocycles. The summed E-state index contributed by atoms with van der Waals surface area (Å²) in [7, 11) is 0. The summed E-state index contributed by atoms with van der Waals surface area (Å²) < 4.78 is 31.7. The van der Waals surface area contributed by atoms with Crippen molar-refractivity contribution in [1.29, 1.82) is 0 Å². The summed E-state index contributed by atoms with van der Waals surface area (Å²) in [6, 6.07) is 3.38. The van der Waals surface area contributed by atoms with Crippen molar-refractivity contribution in [2.75, 3.05) is 31.1 Å². The van der Waals surface area contributed by atoms with Crippen molar-refractivity contribution in [2.45, 2.75) is 19.8 Å². The molecule has 28 heavy (non-hydrogen) atoms. The second-order valence-electron chi connectivity index (χ2n) is 6.17. The molecule has 1 amide bonds. The molecule has 0 radical (unpaired) electrons. The van der Waals surface area contributed by atoms with Gasteiger partial charge in [-0.1, -0.05) is 0 Å². The molecule has 0 N–H and O–H groups in total. The Balaban J connectivity index is 0.00000136. The standard InChI is InChI=1S/C18H19F2N3O3.C2H4/c1-12-21-16(11-26-12)17(24)2-3-18(25)23-6-4-22(5-7-23)15-9-13(19)8-14(20)10-15;1-2/h8-11H,2-7H2,1H3;1-2H2. The Kier molecular flexibility index (Phi) is 7.43. The lowest BCUT2D eigenvalue weighted by atomic mass is 10.1. The Morgan fingerprint density at radius 3 is 2.21 bits per heavy atom. The van der Waals surface area contributed by atoms with Gasteiger partial charge in [0.1, 0.15) is 23.6 Å². The van der Waals surface area contributed by atoms with Gasteiger partial charge in [-0.2, -0.15) is 0 Å². The number of hydrogen-bond acceptors (Lipinski definition) is 5. The lowest BCUT2D eigenvalue weighted by molar-refractivity contribution is -0.131. The monoisotopic (exact) mass is 391 g/mol. The van der Waals surface area contributed by atoms with Crippen molar-refractivity contribution in [2.24, 2.45) is 0 Å². The minimum atomic E-state index is -0.625. The molecule has 1 aliphatic rings. The van der Waals surface area contributed by atoms with Gasteiger partial charge in [0, 0.05) is 57.7 Å². The maximum atomic E-state index is 13.3. The molecule has 150 valence electrons. The van der Waals surface area contributed by atoms with E-state index in [1.165, 1.54) is 18.4 Å². The number of carbonyl (C=O) groups excluding carboxylic acids is 2. The van der Waals surface area contributed by atoms with Gasteiger partial charge in [-0.15, -0.1) is 13.2 Å². The van der Waals surface area contributed by atoms with Crippen LogP contribution in [0.25, 0.3) is 0 Å². The van der Waals surface area contributed by atoms with Crippen LogP contribution in [0.2, 0.25) is 0 Å². The van der Waals surface area contributed by atoms with E-state index in [4.69, 9.17) is 4.42 Å². The largest absolute Gasteiger partial charge is 0.449 e. The summed E-state index contributed by atoms with van der Waals surface area (Å²) >= 11 is 0. The molecule has 2 aromatic rings. The van der Waals surface area contributed by atoms with E-state index >= 15 is 0 Å². The number of rotatable bonds is 5. The van der Waals surface area contributed by atoms with E-state index in [-0.39, 0.29) is 30.2 Å². The van der Waals surface area contributed by atoms with Crippen LogP contribution in [0.5, 0.6) is 0 Å². The molecular formula is C20H23F2N3O3. The van der Waals surface area contributed by atoms with Crippen LogP contribution in [0.3, 0.4) is 0 Å². The second-order valence-corrected chi connectivity index (χ2v) is 6.17. The average molecular weight is 391 g/mol. The van der Waals surface area contributed by atoms with Gasteiger partial charge in [0.15, 0.2) is 11.7 Å². The normalized spacial score (nSPS) is 13.7. The number of piperazine rings is 1. The molecule has 1 aromatic heterocycles. The first-order chi connectivity index (χ1) is 13.4. The van der Waals surface area contributed by atoms with Crippen molar-refractivity contribution in [3.8, 4) is 0 Å². The molecule has 0 spiro atoms. The van der Waals surface area contributed by atoms with Crippen LogP contribution in [-0.2, 0) is 4.79 Å². The maximum absolute atomic E-state index is 13.3. The molecule has 1 saturated heterocycles. The molecule has 0 saturated carbocycles. The molecule has 3 rings (SSSR count). The molecule has 0 aliphatic carbocycles. The number of amides is 1. The SMILES string of the molecule is C=C.Cc1nc(C(=O)CCC(=O)N2CCN(c3cc(F)cc(F)c3)CC2)co1. The van der Waals surface area contributed by atoms with Crippen molar-refractivity contribution in [3.05, 3.63) is 60.8 Å². The summed E-state index contributed by atoms with van der Waals surface area (Å²) in [5, 5.41) is 0. The summed E-state index contributed by atoms with van der Waals surface area (Å²) in [5.41, 5.74) is 0.694. The van der Waals surface area contributed by atoms with Gasteiger partial charge in [0.25, 0.3) is 0 Å². The zero-order chi connectivity index (χ0) is 20.7. The predicted molar refractivity (Wildman–Crippen MR) is 101 cm³/mol. The Morgan fingerprint density at radius 1 is 1.07 bits per heavy atom. The third kappa shape index (κ3) is 5.48. The molecule has 0 atom stereocenters. The van der Waals surface area contributed by atoms with E-state index in [0.29, 0.717) is 37.8 Å². The van der Waals surface area contributed by atoms with Gasteiger partial charge in [-0.25, -0.2) is 13.8 Å². The zero-order valence-electron chi connectivity index (χ0n) is 15.8. The lowest BCUT2D eigenvalue weighted by Crippen LogP contribution is -2.48. The Hall–Kier alpha value is -3.03. The Bertz CT molecular complexity index is 810. The van der Waals surface area contributed by atoms with Crippen molar-refractivity contribution in [3.63, 3.8) is 0 Å². The number of nitrogens with zero attached hydrogens (tertiary/aromatic N) is 3. The minimum Gasteiger partial charge on any atom is -0.449 e. The van der Waals surface area contributed by atoms with Crippen LogP contribution < -0.4 is 4.90 Å². The van der Waals surface area contributed by atoms with Crippen LogP contribution in [0.15, 0.2) is 42.0 Å². The topological polar surface area (TPSA) is 66.7 Å². The van der Waals surface area contributed by atoms with E-state index in [1.807, 2.05) is 4.90 Å². The van der Waals surface area contributed by atoms with Crippen molar-refractivity contribution >= 4 is 17.4 Å². The van der Waals surface area contributed by atoms with Crippen LogP contribution in [0.4, 0.5) is 14.5 Å². The Labute approximate surface area is 162 Å². The smallest absolute Gasteiger partial charge is 0.223 e. The average Bonchev–Trinajstić information content (AvgIpc) is 3.13. The second kappa shape index (κ2) is 9.77. The van der Waals surface area contributed by atoms with Crippen molar-refractivity contribution in [1.82, 2.24) is 9.88 Å². The minimum absolute atomic E-state index is 0.0696. The molecular weight excluding hydrogens is 368 g/mol. The lowest BCUT2D eigenvalue weighted by Gasteiger charge is -2.36. The third-order valence-corrected chi connectivity index (χ3v) is 4.32. The quantitative estimate of drug-likeness (QED) is 0.578. The fraction of sp³-hybridized carbons (Fsp3) is 0.350. The van der Waals surface area contributed by atoms with Gasteiger partial charge in [0.05, 0.1) is 0 Å². The van der Waals surface area contributed by atoms with Gasteiger partial charge < -0.3 is 14.2 Å². The fourth-order valence-electron chi connectivity index (χ4n) is 2.93. The van der Waals surface area contributed by atoms with Gasteiger partial charge in [-0.3, -0.25) is 9.59 Å². The zero-order valence-corrected chi connectivity index (χ0v) is 15.8. The molecule has 1 fully saturated rings. The number of aryl methyl sites for hydroxylation is 1. The summed E-state index contributed by atoms with van der Waals surface area (Å²) in [6.07, 6.45) is 1.46. The highest BCUT2D eigenvalue weighted by molar-refractivity contribution is 5.96. The number of oxazole rings is 1. The first kappa shape index (κ1) is 21.3. The van der Waals surface area contributed by atoms with Gasteiger partial charge >= 0.3 is 0 Å². The van der Waals surface area contributed by atoms with Crippen LogP contribution in [0.1, 0.15) is 29.2 Å². The third-order valence-electron chi connectivity index (χ3n) is 4.32. The number of Topliss-reactive ketones (excluding diaryl/α,β-unsaturated/α-hetero) is 1. The predicted octanol–water partition coefficient (Wildman–Crippen LogP) is 3.38. The van der Waals surface area contributed by atoms with E-state index in [0.717, 1.165) is 6.07 Å². The molecule has 1 aromatic carbocycles. The first-order valence-corrected chi connectivity index (χ1v) is 8.86. The number of anilines is 1.